The van der Waals surface area contributed by atoms with Crippen molar-refractivity contribution in [1.82, 2.24) is 5.48 Å². The fraction of sp³-hybridized carbons (Fsp3) is 0. The average molecular weight is 280 g/mol. The van der Waals surface area contributed by atoms with Crippen molar-refractivity contribution in [3.05, 3.63) is 71.3 Å². The highest BCUT2D eigenvalue weighted by Gasteiger charge is 2.22. The molecule has 5 nitrogen and oxygen atoms in total. The van der Waals surface area contributed by atoms with E-state index < -0.39 is 5.91 Å². The first kappa shape index (κ1) is 13.1. The highest BCUT2D eigenvalue weighted by Crippen LogP contribution is 2.34. The summed E-state index contributed by atoms with van der Waals surface area (Å²) in [7, 11) is 0. The molecule has 5 heteroatoms. The number of hydroxylamine groups is 1. The smallest absolute Gasteiger partial charge is 0.267 e. The zero-order valence-electron chi connectivity index (χ0n) is 11.0. The van der Waals surface area contributed by atoms with Gasteiger partial charge in [0.2, 0.25) is 0 Å². The van der Waals surface area contributed by atoms with Crippen molar-refractivity contribution < 1.29 is 14.8 Å². The minimum Gasteiger partial charge on any atom is -0.321 e. The lowest BCUT2D eigenvalue weighted by atomic mass is 9.94. The van der Waals surface area contributed by atoms with Crippen molar-refractivity contribution in [1.29, 1.82) is 0 Å². The number of carbonyl (C=O) groups is 2. The number of amides is 2. The fourth-order valence-corrected chi connectivity index (χ4v) is 2.40. The fourth-order valence-electron chi connectivity index (χ4n) is 2.40. The van der Waals surface area contributed by atoms with Crippen molar-refractivity contribution in [2.75, 3.05) is 5.32 Å². The predicted molar refractivity (Wildman–Crippen MR) is 77.8 cm³/mol. The van der Waals surface area contributed by atoms with Crippen LogP contribution in [-0.2, 0) is 4.79 Å². The topological polar surface area (TPSA) is 78.4 Å². The summed E-state index contributed by atoms with van der Waals surface area (Å²) in [6.07, 6.45) is 1.28. The third-order valence-corrected chi connectivity index (χ3v) is 3.31. The summed E-state index contributed by atoms with van der Waals surface area (Å²) < 4.78 is 0. The molecule has 0 atom stereocenters. The number of para-hydroxylation sites is 1. The van der Waals surface area contributed by atoms with Crippen LogP contribution in [0, 0.1) is 0 Å². The Bertz CT molecular complexity index is 766. The number of hydrogen-bond donors (Lipinski definition) is 3. The molecule has 0 saturated carbocycles. The first-order valence-corrected chi connectivity index (χ1v) is 6.36. The van der Waals surface area contributed by atoms with E-state index >= 15 is 0 Å². The molecule has 3 N–H and O–H groups in total. The lowest BCUT2D eigenvalue weighted by Gasteiger charge is -2.09. The van der Waals surface area contributed by atoms with Crippen molar-refractivity contribution in [2.24, 2.45) is 0 Å². The van der Waals surface area contributed by atoms with Crippen LogP contribution in [0.3, 0.4) is 0 Å². The van der Waals surface area contributed by atoms with Gasteiger partial charge in [-0.15, -0.1) is 0 Å². The quantitative estimate of drug-likeness (QED) is 0.425. The Morgan fingerprint density at radius 2 is 1.62 bits per heavy atom. The van der Waals surface area contributed by atoms with E-state index in [0.717, 1.165) is 5.56 Å². The number of nitrogens with one attached hydrogen (secondary N) is 2. The molecule has 1 heterocycles. The van der Waals surface area contributed by atoms with Crippen molar-refractivity contribution in [3.63, 3.8) is 0 Å². The van der Waals surface area contributed by atoms with Gasteiger partial charge in [-0.3, -0.25) is 14.8 Å². The Balaban J connectivity index is 2.31. The molecular formula is C16H12N2O3. The van der Waals surface area contributed by atoms with Gasteiger partial charge in [-0.1, -0.05) is 36.4 Å². The average Bonchev–Trinajstić information content (AvgIpc) is 2.63. The minimum absolute atomic E-state index is 0.231. The van der Waals surface area contributed by atoms with Gasteiger partial charge in [-0.25, -0.2) is 5.48 Å². The summed E-state index contributed by atoms with van der Waals surface area (Å²) in [6, 6.07) is 14.2. The summed E-state index contributed by atoms with van der Waals surface area (Å²) in [5.41, 5.74) is 4.62. The molecule has 3 rings (SSSR count). The summed E-state index contributed by atoms with van der Waals surface area (Å²) in [6.45, 7) is 0. The molecule has 2 aromatic carbocycles. The number of hydrogen-bond acceptors (Lipinski definition) is 3. The van der Waals surface area contributed by atoms with Crippen LogP contribution in [0.2, 0.25) is 0 Å². The van der Waals surface area contributed by atoms with Gasteiger partial charge in [-0.05, 0) is 23.3 Å². The van der Waals surface area contributed by atoms with Gasteiger partial charge >= 0.3 is 0 Å². The van der Waals surface area contributed by atoms with Crippen LogP contribution in [0.4, 0.5) is 5.69 Å². The number of rotatable bonds is 1. The van der Waals surface area contributed by atoms with Gasteiger partial charge in [0, 0.05) is 22.9 Å². The molecule has 2 aromatic rings. The summed E-state index contributed by atoms with van der Waals surface area (Å²) >= 11 is 0. The first-order chi connectivity index (χ1) is 10.2. The lowest BCUT2D eigenvalue weighted by molar-refractivity contribution is -0.124. The highest BCUT2D eigenvalue weighted by atomic mass is 16.5. The maximum atomic E-state index is 12.3. The van der Waals surface area contributed by atoms with Crippen LogP contribution in [0.5, 0.6) is 0 Å². The van der Waals surface area contributed by atoms with Crippen LogP contribution in [0.1, 0.15) is 21.5 Å². The van der Waals surface area contributed by atoms with Crippen molar-refractivity contribution in [2.45, 2.75) is 0 Å². The van der Waals surface area contributed by atoms with Gasteiger partial charge in [0.05, 0.1) is 0 Å². The van der Waals surface area contributed by atoms with E-state index in [-0.39, 0.29) is 5.91 Å². The minimum atomic E-state index is -0.649. The second-order valence-corrected chi connectivity index (χ2v) is 4.58. The molecule has 0 spiro atoms. The number of carbonyl (C=O) groups excluding carboxylic acids is 2. The molecule has 0 bridgehead atoms. The largest absolute Gasteiger partial charge is 0.321 e. The molecule has 1 aliphatic heterocycles. The Hall–Kier alpha value is -2.92. The molecule has 0 radical (unpaired) electrons. The van der Waals surface area contributed by atoms with E-state index in [2.05, 4.69) is 5.32 Å². The molecule has 0 aromatic heterocycles. The summed E-state index contributed by atoms with van der Waals surface area (Å²) in [5, 5.41) is 11.6. The Morgan fingerprint density at radius 1 is 1.00 bits per heavy atom. The second kappa shape index (κ2) is 5.22. The lowest BCUT2D eigenvalue weighted by Crippen LogP contribution is -2.16. The molecule has 1 aliphatic rings. The third-order valence-electron chi connectivity index (χ3n) is 3.31. The summed E-state index contributed by atoms with van der Waals surface area (Å²) in [4.78, 5) is 23.8. The zero-order valence-corrected chi connectivity index (χ0v) is 11.0. The SMILES string of the molecule is O=C(C=C1c2ccccc2NC(=O)c2ccccc21)NO. The number of benzene rings is 2. The Kier molecular flexibility index (Phi) is 3.25. The van der Waals surface area contributed by atoms with Crippen LogP contribution in [-0.4, -0.2) is 17.0 Å². The van der Waals surface area contributed by atoms with Gasteiger partial charge in [0.15, 0.2) is 0 Å². The maximum Gasteiger partial charge on any atom is 0.267 e. The highest BCUT2D eigenvalue weighted by molar-refractivity contribution is 6.14. The Labute approximate surface area is 120 Å². The molecule has 0 fully saturated rings. The van der Waals surface area contributed by atoms with Gasteiger partial charge in [-0.2, -0.15) is 0 Å². The number of anilines is 1. The normalized spacial score (nSPS) is 14.7. The molecule has 2 amide bonds. The number of fused-ring (bicyclic) bond motifs is 2. The summed E-state index contributed by atoms with van der Waals surface area (Å²) in [5.74, 6) is -0.880. The predicted octanol–water partition coefficient (Wildman–Crippen LogP) is 2.19. The van der Waals surface area contributed by atoms with Crippen LogP contribution in [0.25, 0.3) is 5.57 Å². The standard InChI is InChI=1S/C16H12N2O3/c19-15(18-21)9-13-10-5-1-2-7-12(10)16(20)17-14-8-4-3-6-11(13)14/h1-9,21H,(H,17,20)(H,18,19). The molecule has 104 valence electrons. The second-order valence-electron chi connectivity index (χ2n) is 4.58. The van der Waals surface area contributed by atoms with Crippen LogP contribution < -0.4 is 10.8 Å². The van der Waals surface area contributed by atoms with E-state index in [1.54, 1.807) is 41.9 Å². The zero-order chi connectivity index (χ0) is 14.8. The van der Waals surface area contributed by atoms with Gasteiger partial charge in [0.1, 0.15) is 0 Å². The molecule has 0 aliphatic carbocycles. The van der Waals surface area contributed by atoms with Crippen molar-refractivity contribution in [3.8, 4) is 0 Å². The van der Waals surface area contributed by atoms with E-state index in [9.17, 15) is 9.59 Å². The van der Waals surface area contributed by atoms with Crippen LogP contribution in [0.15, 0.2) is 54.6 Å². The molecule has 0 unspecified atom stereocenters. The van der Waals surface area contributed by atoms with Crippen LogP contribution >= 0.6 is 0 Å². The van der Waals surface area contributed by atoms with Gasteiger partial charge in [0.25, 0.3) is 11.8 Å². The Morgan fingerprint density at radius 3 is 2.33 bits per heavy atom. The first-order valence-electron chi connectivity index (χ1n) is 6.36. The van der Waals surface area contributed by atoms with Gasteiger partial charge < -0.3 is 5.32 Å². The molecular weight excluding hydrogens is 268 g/mol. The maximum absolute atomic E-state index is 12.3. The van der Waals surface area contributed by atoms with Crippen molar-refractivity contribution >= 4 is 23.1 Å². The van der Waals surface area contributed by atoms with E-state index in [1.807, 2.05) is 12.1 Å². The van der Waals surface area contributed by atoms with E-state index in [0.29, 0.717) is 22.4 Å². The monoisotopic (exact) mass is 280 g/mol. The van der Waals surface area contributed by atoms with E-state index in [1.165, 1.54) is 6.08 Å². The third kappa shape index (κ3) is 2.30. The molecule has 21 heavy (non-hydrogen) atoms. The molecule has 0 saturated heterocycles. The van der Waals surface area contributed by atoms with E-state index in [4.69, 9.17) is 5.21 Å².